The van der Waals surface area contributed by atoms with Crippen LogP contribution >= 0.6 is 0 Å². The van der Waals surface area contributed by atoms with Gasteiger partial charge in [-0.15, -0.1) is 0 Å². The molecule has 1 atom stereocenters. The molecule has 5 heteroatoms. The third-order valence-corrected chi connectivity index (χ3v) is 4.78. The van der Waals surface area contributed by atoms with Crippen LogP contribution in [0.2, 0.25) is 0 Å². The van der Waals surface area contributed by atoms with Crippen LogP contribution < -0.4 is 0 Å². The van der Waals surface area contributed by atoms with Crippen molar-refractivity contribution in [1.82, 2.24) is 9.88 Å². The van der Waals surface area contributed by atoms with Gasteiger partial charge < -0.3 is 10.0 Å². The van der Waals surface area contributed by atoms with E-state index >= 15 is 0 Å². The number of likely N-dealkylation sites (tertiary alicyclic amines) is 1. The van der Waals surface area contributed by atoms with E-state index in [0.717, 1.165) is 16.8 Å². The molecule has 1 unspecified atom stereocenters. The Labute approximate surface area is 140 Å². The molecule has 24 heavy (non-hydrogen) atoms. The first kappa shape index (κ1) is 16.2. The smallest absolute Gasteiger partial charge is 0.311 e. The summed E-state index contributed by atoms with van der Waals surface area (Å²) in [6, 6.07) is 11.3. The Balaban J connectivity index is 1.91. The number of hydrogen-bond donors (Lipinski definition) is 1. The second-order valence-electron chi connectivity index (χ2n) is 6.54. The van der Waals surface area contributed by atoms with Gasteiger partial charge in [0.2, 0.25) is 0 Å². The van der Waals surface area contributed by atoms with Gasteiger partial charge in [0.25, 0.3) is 5.91 Å². The molecule has 1 aromatic heterocycles. The van der Waals surface area contributed by atoms with Gasteiger partial charge in [0.1, 0.15) is 0 Å². The summed E-state index contributed by atoms with van der Waals surface area (Å²) in [6.07, 6.45) is 2.20. The Morgan fingerprint density at radius 1 is 1.21 bits per heavy atom. The van der Waals surface area contributed by atoms with Gasteiger partial charge in [-0.25, -0.2) is 0 Å². The molecule has 124 valence electrons. The molecule has 0 bridgehead atoms. The van der Waals surface area contributed by atoms with E-state index < -0.39 is 11.4 Å². The monoisotopic (exact) mass is 324 g/mol. The van der Waals surface area contributed by atoms with Gasteiger partial charge in [-0.1, -0.05) is 18.2 Å². The molecule has 1 aliphatic heterocycles. The minimum Gasteiger partial charge on any atom is -0.481 e. The SMILES string of the molecule is Cc1c(C(=O)N2CCC(C)(C(=O)O)C2)cccc1-c1ccccn1. The number of benzene rings is 1. The lowest BCUT2D eigenvalue weighted by molar-refractivity contribution is -0.147. The van der Waals surface area contributed by atoms with Gasteiger partial charge >= 0.3 is 5.97 Å². The summed E-state index contributed by atoms with van der Waals surface area (Å²) >= 11 is 0. The average Bonchev–Trinajstić information content (AvgIpc) is 2.99. The normalized spacial score (nSPS) is 20.2. The quantitative estimate of drug-likeness (QED) is 0.942. The highest BCUT2D eigenvalue weighted by Crippen LogP contribution is 2.32. The fourth-order valence-corrected chi connectivity index (χ4v) is 3.15. The Morgan fingerprint density at radius 2 is 2.00 bits per heavy atom. The number of carbonyl (C=O) groups is 2. The maximum atomic E-state index is 12.9. The Kier molecular flexibility index (Phi) is 4.09. The summed E-state index contributed by atoms with van der Waals surface area (Å²) in [4.78, 5) is 30.3. The zero-order valence-electron chi connectivity index (χ0n) is 13.8. The molecular weight excluding hydrogens is 304 g/mol. The number of amides is 1. The number of aliphatic carboxylic acids is 1. The number of carbonyl (C=O) groups excluding carboxylic acids is 1. The summed E-state index contributed by atoms with van der Waals surface area (Å²) in [6.45, 7) is 4.31. The maximum Gasteiger partial charge on any atom is 0.311 e. The van der Waals surface area contributed by atoms with Crippen LogP contribution in [0.5, 0.6) is 0 Å². The first-order chi connectivity index (χ1) is 11.4. The van der Waals surface area contributed by atoms with Crippen molar-refractivity contribution < 1.29 is 14.7 Å². The van der Waals surface area contributed by atoms with Crippen LogP contribution in [-0.2, 0) is 4.79 Å². The molecule has 1 saturated heterocycles. The number of carboxylic acids is 1. The van der Waals surface area contributed by atoms with Gasteiger partial charge in [-0.05, 0) is 44.0 Å². The predicted molar refractivity (Wildman–Crippen MR) is 90.7 cm³/mol. The van der Waals surface area contributed by atoms with Gasteiger partial charge in [0, 0.05) is 30.4 Å². The number of nitrogens with zero attached hydrogens (tertiary/aromatic N) is 2. The Morgan fingerprint density at radius 3 is 2.62 bits per heavy atom. The van der Waals surface area contributed by atoms with Crippen molar-refractivity contribution in [3.05, 3.63) is 53.7 Å². The molecule has 1 fully saturated rings. The Hall–Kier alpha value is -2.69. The lowest BCUT2D eigenvalue weighted by Crippen LogP contribution is -2.35. The number of aromatic nitrogens is 1. The van der Waals surface area contributed by atoms with E-state index in [1.165, 1.54) is 0 Å². The molecule has 0 spiro atoms. The molecule has 0 aliphatic carbocycles. The largest absolute Gasteiger partial charge is 0.481 e. The highest BCUT2D eigenvalue weighted by Gasteiger charge is 2.42. The van der Waals surface area contributed by atoms with Crippen LogP contribution in [0.1, 0.15) is 29.3 Å². The van der Waals surface area contributed by atoms with Gasteiger partial charge in [-0.2, -0.15) is 0 Å². The third-order valence-electron chi connectivity index (χ3n) is 4.78. The number of rotatable bonds is 3. The van der Waals surface area contributed by atoms with E-state index in [2.05, 4.69) is 4.98 Å². The highest BCUT2D eigenvalue weighted by molar-refractivity contribution is 5.98. The van der Waals surface area contributed by atoms with Crippen LogP contribution in [-0.4, -0.2) is 40.0 Å². The van der Waals surface area contributed by atoms with E-state index in [1.807, 2.05) is 37.3 Å². The van der Waals surface area contributed by atoms with Crippen LogP contribution in [0.15, 0.2) is 42.6 Å². The summed E-state index contributed by atoms with van der Waals surface area (Å²) in [5.74, 6) is -0.966. The van der Waals surface area contributed by atoms with Gasteiger partial charge in [0.15, 0.2) is 0 Å². The van der Waals surface area contributed by atoms with Crippen LogP contribution in [0.4, 0.5) is 0 Å². The van der Waals surface area contributed by atoms with Gasteiger partial charge in [-0.3, -0.25) is 14.6 Å². The predicted octanol–water partition coefficient (Wildman–Crippen LogP) is 2.99. The summed E-state index contributed by atoms with van der Waals surface area (Å²) in [7, 11) is 0. The zero-order valence-corrected chi connectivity index (χ0v) is 13.8. The molecule has 5 nitrogen and oxygen atoms in total. The van der Waals surface area contributed by atoms with Crippen molar-refractivity contribution >= 4 is 11.9 Å². The van der Waals surface area contributed by atoms with Crippen LogP contribution in [0, 0.1) is 12.3 Å². The van der Waals surface area contributed by atoms with Crippen molar-refractivity contribution in [2.75, 3.05) is 13.1 Å². The van der Waals surface area contributed by atoms with Crippen molar-refractivity contribution in [2.45, 2.75) is 20.3 Å². The standard InChI is InChI=1S/C19H20N2O3/c1-13-14(16-8-3-4-10-20-16)6-5-7-15(13)17(22)21-11-9-19(2,12-21)18(23)24/h3-8,10H,9,11-12H2,1-2H3,(H,23,24). The molecule has 1 aliphatic rings. The highest BCUT2D eigenvalue weighted by atomic mass is 16.4. The molecule has 0 radical (unpaired) electrons. The lowest BCUT2D eigenvalue weighted by Gasteiger charge is -2.21. The van der Waals surface area contributed by atoms with Gasteiger partial charge in [0.05, 0.1) is 11.1 Å². The number of carboxylic acid groups (broad SMARTS) is 1. The minimum atomic E-state index is -0.859. The van der Waals surface area contributed by atoms with Crippen molar-refractivity contribution in [3.8, 4) is 11.3 Å². The lowest BCUT2D eigenvalue weighted by atomic mass is 9.90. The van der Waals surface area contributed by atoms with E-state index in [0.29, 0.717) is 18.5 Å². The van der Waals surface area contributed by atoms with E-state index in [4.69, 9.17) is 0 Å². The van der Waals surface area contributed by atoms with E-state index in [-0.39, 0.29) is 12.5 Å². The van der Waals surface area contributed by atoms with E-state index in [9.17, 15) is 14.7 Å². The van der Waals surface area contributed by atoms with Crippen molar-refractivity contribution in [1.29, 1.82) is 0 Å². The molecule has 3 rings (SSSR count). The fourth-order valence-electron chi connectivity index (χ4n) is 3.15. The van der Waals surface area contributed by atoms with Crippen molar-refractivity contribution in [2.24, 2.45) is 5.41 Å². The van der Waals surface area contributed by atoms with Crippen LogP contribution in [0.25, 0.3) is 11.3 Å². The molecule has 2 aromatic rings. The molecular formula is C19H20N2O3. The average molecular weight is 324 g/mol. The summed E-state index contributed by atoms with van der Waals surface area (Å²) in [5.41, 5.74) is 2.35. The molecule has 1 N–H and O–H groups in total. The first-order valence-electron chi connectivity index (χ1n) is 7.96. The third kappa shape index (κ3) is 2.77. The number of pyridine rings is 1. The number of hydrogen-bond acceptors (Lipinski definition) is 3. The van der Waals surface area contributed by atoms with Crippen LogP contribution in [0.3, 0.4) is 0 Å². The second-order valence-corrected chi connectivity index (χ2v) is 6.54. The second kappa shape index (κ2) is 6.07. The summed E-state index contributed by atoms with van der Waals surface area (Å²) in [5, 5.41) is 9.34. The first-order valence-corrected chi connectivity index (χ1v) is 7.96. The molecule has 0 saturated carbocycles. The maximum absolute atomic E-state index is 12.9. The summed E-state index contributed by atoms with van der Waals surface area (Å²) < 4.78 is 0. The molecule has 1 amide bonds. The Bertz CT molecular complexity index is 788. The molecule has 2 heterocycles. The molecule has 1 aromatic carbocycles. The zero-order chi connectivity index (χ0) is 17.3. The van der Waals surface area contributed by atoms with E-state index in [1.54, 1.807) is 24.1 Å². The minimum absolute atomic E-state index is 0.116. The van der Waals surface area contributed by atoms with Crippen molar-refractivity contribution in [3.63, 3.8) is 0 Å². The fraction of sp³-hybridized carbons (Fsp3) is 0.316. The topological polar surface area (TPSA) is 70.5 Å².